The topological polar surface area (TPSA) is 46.1 Å². The SMILES string of the molecule is C#Cc1cccc(NN2CN=Cc3cc(OCC)c(OCC)cc32)c1C. The lowest BCUT2D eigenvalue weighted by atomic mass is 10.1. The molecule has 0 amide bonds. The Balaban J connectivity index is 1.97. The molecule has 3 rings (SSSR count). The molecule has 0 saturated heterocycles. The number of hydrogen-bond donors (Lipinski definition) is 1. The van der Waals surface area contributed by atoms with E-state index in [0.29, 0.717) is 19.9 Å². The van der Waals surface area contributed by atoms with Crippen molar-refractivity contribution < 1.29 is 9.47 Å². The van der Waals surface area contributed by atoms with Gasteiger partial charge in [0.05, 0.1) is 24.6 Å². The molecule has 0 bridgehead atoms. The Morgan fingerprint density at radius 3 is 2.62 bits per heavy atom. The van der Waals surface area contributed by atoms with Crippen molar-refractivity contribution in [3.8, 4) is 23.8 Å². The van der Waals surface area contributed by atoms with Gasteiger partial charge in [0.25, 0.3) is 0 Å². The second-order valence-corrected chi connectivity index (χ2v) is 5.84. The Morgan fingerprint density at radius 1 is 1.19 bits per heavy atom. The van der Waals surface area contributed by atoms with Crippen molar-refractivity contribution in [3.63, 3.8) is 0 Å². The van der Waals surface area contributed by atoms with Crippen molar-refractivity contribution >= 4 is 17.6 Å². The predicted molar refractivity (Wildman–Crippen MR) is 106 cm³/mol. The van der Waals surface area contributed by atoms with E-state index < -0.39 is 0 Å². The number of hydrogen-bond acceptors (Lipinski definition) is 5. The highest BCUT2D eigenvalue weighted by Crippen LogP contribution is 2.36. The van der Waals surface area contributed by atoms with Crippen LogP contribution < -0.4 is 19.9 Å². The molecule has 1 aliphatic rings. The molecular formula is C21H23N3O2. The van der Waals surface area contributed by atoms with Crippen LogP contribution >= 0.6 is 0 Å². The number of nitrogens with one attached hydrogen (secondary N) is 1. The van der Waals surface area contributed by atoms with Gasteiger partial charge < -0.3 is 9.47 Å². The molecule has 0 saturated carbocycles. The number of aliphatic imine (C=N–C) groups is 1. The standard InChI is InChI=1S/C21H23N3O2/c1-5-16-9-8-10-18(15(16)4)23-24-14-22-13-17-11-20(25-6-2)21(26-7-3)12-19(17)24/h1,8-13,23H,6-7,14H2,2-4H3. The third-order valence-electron chi connectivity index (χ3n) is 4.18. The van der Waals surface area contributed by atoms with Crippen LogP contribution in [-0.4, -0.2) is 26.1 Å². The van der Waals surface area contributed by atoms with Crippen molar-refractivity contribution in [2.24, 2.45) is 4.99 Å². The average molecular weight is 349 g/mol. The maximum Gasteiger partial charge on any atom is 0.163 e. The molecule has 26 heavy (non-hydrogen) atoms. The van der Waals surface area contributed by atoms with Gasteiger partial charge in [-0.05, 0) is 44.5 Å². The molecule has 0 aliphatic carbocycles. The fourth-order valence-corrected chi connectivity index (χ4v) is 2.89. The maximum atomic E-state index is 5.76. The summed E-state index contributed by atoms with van der Waals surface area (Å²) in [6, 6.07) is 9.84. The van der Waals surface area contributed by atoms with Crippen molar-refractivity contribution in [2.75, 3.05) is 30.3 Å². The Hall–Kier alpha value is -3.13. The summed E-state index contributed by atoms with van der Waals surface area (Å²) >= 11 is 0. The van der Waals surface area contributed by atoms with E-state index in [0.717, 1.165) is 39.6 Å². The van der Waals surface area contributed by atoms with Gasteiger partial charge in [-0.25, -0.2) is 0 Å². The van der Waals surface area contributed by atoms with Gasteiger partial charge in [0.15, 0.2) is 11.5 Å². The van der Waals surface area contributed by atoms with Gasteiger partial charge in [-0.15, -0.1) is 6.42 Å². The summed E-state index contributed by atoms with van der Waals surface area (Å²) in [5, 5.41) is 1.98. The van der Waals surface area contributed by atoms with E-state index in [1.807, 2.05) is 62.3 Å². The third kappa shape index (κ3) is 3.45. The van der Waals surface area contributed by atoms with Crippen molar-refractivity contribution in [1.82, 2.24) is 0 Å². The normalized spacial score (nSPS) is 12.3. The first-order chi connectivity index (χ1) is 12.7. The smallest absolute Gasteiger partial charge is 0.163 e. The first-order valence-electron chi connectivity index (χ1n) is 8.71. The predicted octanol–water partition coefficient (Wildman–Crippen LogP) is 4.00. The molecule has 2 aromatic rings. The molecule has 0 unspecified atom stereocenters. The van der Waals surface area contributed by atoms with E-state index in [1.54, 1.807) is 0 Å². The van der Waals surface area contributed by atoms with Crippen LogP contribution in [0.5, 0.6) is 11.5 Å². The molecule has 134 valence electrons. The van der Waals surface area contributed by atoms with E-state index in [-0.39, 0.29) is 0 Å². The van der Waals surface area contributed by atoms with Gasteiger partial charge in [-0.2, -0.15) is 0 Å². The van der Waals surface area contributed by atoms with E-state index >= 15 is 0 Å². The number of benzene rings is 2. The van der Waals surface area contributed by atoms with E-state index in [1.165, 1.54) is 0 Å². The number of anilines is 2. The van der Waals surface area contributed by atoms with Crippen molar-refractivity contribution in [1.29, 1.82) is 0 Å². The zero-order valence-corrected chi connectivity index (χ0v) is 15.4. The van der Waals surface area contributed by atoms with E-state index in [9.17, 15) is 0 Å². The number of ether oxygens (including phenoxy) is 2. The Kier molecular flexibility index (Phi) is 5.33. The number of nitrogens with zero attached hydrogens (tertiary/aromatic N) is 2. The molecule has 0 radical (unpaired) electrons. The molecular weight excluding hydrogens is 326 g/mol. The summed E-state index contributed by atoms with van der Waals surface area (Å²) in [5.74, 6) is 4.17. The molecule has 1 heterocycles. The number of terminal acetylenes is 1. The highest BCUT2D eigenvalue weighted by atomic mass is 16.5. The Labute approximate surface area is 154 Å². The van der Waals surface area contributed by atoms with Crippen LogP contribution in [0.2, 0.25) is 0 Å². The molecule has 5 nitrogen and oxygen atoms in total. The summed E-state index contributed by atoms with van der Waals surface area (Å²) in [5.41, 5.74) is 8.24. The second kappa shape index (κ2) is 7.83. The van der Waals surface area contributed by atoms with Gasteiger partial charge in [0, 0.05) is 23.4 Å². The molecule has 0 spiro atoms. The number of fused-ring (bicyclic) bond motifs is 1. The summed E-state index contributed by atoms with van der Waals surface area (Å²) in [4.78, 5) is 4.45. The largest absolute Gasteiger partial charge is 0.490 e. The minimum atomic E-state index is 0.492. The van der Waals surface area contributed by atoms with Gasteiger partial charge in [0.2, 0.25) is 0 Å². The molecule has 5 heteroatoms. The first kappa shape index (κ1) is 17.7. The number of hydrazine groups is 1. The van der Waals surface area contributed by atoms with Crippen LogP contribution in [-0.2, 0) is 0 Å². The quantitative estimate of drug-likeness (QED) is 0.801. The summed E-state index contributed by atoms with van der Waals surface area (Å²) in [7, 11) is 0. The zero-order valence-electron chi connectivity index (χ0n) is 15.4. The van der Waals surface area contributed by atoms with Crippen molar-refractivity contribution in [2.45, 2.75) is 20.8 Å². The fourth-order valence-electron chi connectivity index (χ4n) is 2.89. The Bertz CT molecular complexity index is 868. The van der Waals surface area contributed by atoms with Gasteiger partial charge in [-0.1, -0.05) is 12.0 Å². The minimum absolute atomic E-state index is 0.492. The highest BCUT2D eigenvalue weighted by molar-refractivity contribution is 5.92. The monoisotopic (exact) mass is 349 g/mol. The molecule has 0 atom stereocenters. The zero-order chi connectivity index (χ0) is 18.5. The molecule has 0 fully saturated rings. The molecule has 0 aromatic heterocycles. The summed E-state index contributed by atoms with van der Waals surface area (Å²) in [6.07, 6.45) is 7.44. The third-order valence-corrected chi connectivity index (χ3v) is 4.18. The van der Waals surface area contributed by atoms with E-state index in [2.05, 4.69) is 16.3 Å². The van der Waals surface area contributed by atoms with E-state index in [4.69, 9.17) is 15.9 Å². The minimum Gasteiger partial charge on any atom is -0.490 e. The van der Waals surface area contributed by atoms with Crippen LogP contribution in [0.15, 0.2) is 35.3 Å². The lowest BCUT2D eigenvalue weighted by Crippen LogP contribution is -2.33. The second-order valence-electron chi connectivity index (χ2n) is 5.84. The van der Waals surface area contributed by atoms with Crippen LogP contribution in [0.3, 0.4) is 0 Å². The van der Waals surface area contributed by atoms with Crippen LogP contribution in [0.25, 0.3) is 0 Å². The fraction of sp³-hybridized carbons (Fsp3) is 0.286. The lowest BCUT2D eigenvalue weighted by Gasteiger charge is -2.30. The first-order valence-corrected chi connectivity index (χ1v) is 8.71. The van der Waals surface area contributed by atoms with Crippen LogP contribution in [0.4, 0.5) is 11.4 Å². The van der Waals surface area contributed by atoms with Crippen LogP contribution in [0.1, 0.15) is 30.5 Å². The van der Waals surface area contributed by atoms with Crippen LogP contribution in [0, 0.1) is 19.3 Å². The maximum absolute atomic E-state index is 5.76. The summed E-state index contributed by atoms with van der Waals surface area (Å²) in [6.45, 7) is 7.57. The highest BCUT2D eigenvalue weighted by Gasteiger charge is 2.19. The molecule has 1 N–H and O–H groups in total. The molecule has 1 aliphatic heterocycles. The summed E-state index contributed by atoms with van der Waals surface area (Å²) < 4.78 is 11.5. The van der Waals surface area contributed by atoms with Gasteiger partial charge in [0.1, 0.15) is 6.67 Å². The lowest BCUT2D eigenvalue weighted by molar-refractivity contribution is 0.288. The Morgan fingerprint density at radius 2 is 1.92 bits per heavy atom. The van der Waals surface area contributed by atoms with Crippen molar-refractivity contribution in [3.05, 3.63) is 47.0 Å². The van der Waals surface area contributed by atoms with Gasteiger partial charge in [-0.3, -0.25) is 15.4 Å². The number of rotatable bonds is 6. The molecule has 2 aromatic carbocycles. The average Bonchev–Trinajstić information content (AvgIpc) is 2.65. The van der Waals surface area contributed by atoms with Gasteiger partial charge >= 0.3 is 0 Å².